The number of nitrogens with one attached hydrogen (secondary N) is 1. The van der Waals surface area contributed by atoms with E-state index in [1.807, 2.05) is 43.3 Å². The van der Waals surface area contributed by atoms with Crippen LogP contribution in [0.4, 0.5) is 10.2 Å². The number of nitrogens with zero attached hydrogens (tertiary/aromatic N) is 3. The van der Waals surface area contributed by atoms with Gasteiger partial charge in [0.05, 0.1) is 32.0 Å². The Balaban J connectivity index is 1.90. The number of benzene rings is 3. The minimum Gasteiger partial charge on any atom is -0.278 e. The Kier molecular flexibility index (Phi) is 5.44. The molecule has 0 aliphatic heterocycles. The number of fused-ring (bicyclic) bond motifs is 2. The van der Waals surface area contributed by atoms with Crippen LogP contribution in [-0.4, -0.2) is 25.6 Å². The summed E-state index contributed by atoms with van der Waals surface area (Å²) in [5, 5.41) is 9.81. The first kappa shape index (κ1) is 22.2. The van der Waals surface area contributed by atoms with Crippen LogP contribution in [-0.2, 0) is 9.73 Å². The summed E-state index contributed by atoms with van der Waals surface area (Å²) in [6.07, 6.45) is 3.42. The SMILES string of the molecule is Cc1ccccc1S(C)(=O)=Nc1nc(C(C)C)c(-c2ccc(F)cc2)c2cc3cn[nH]c3cc12. The second-order valence-electron chi connectivity index (χ2n) is 8.87. The standard InChI is InChI=1S/C27H25FN4OS/c1-16(2)26-25(18-9-11-20(28)12-10-18)21-13-19-15-29-31-23(19)14-22(21)27(30-26)32-34(4,33)24-8-6-5-7-17(24)3/h5-16H,1-4H3,(H,29,31). The monoisotopic (exact) mass is 472 g/mol. The summed E-state index contributed by atoms with van der Waals surface area (Å²) in [5.74, 6) is 0.196. The van der Waals surface area contributed by atoms with Gasteiger partial charge in [-0.25, -0.2) is 13.6 Å². The molecule has 1 N–H and O–H groups in total. The second-order valence-corrected chi connectivity index (χ2v) is 11.1. The van der Waals surface area contributed by atoms with Crippen molar-refractivity contribution in [2.75, 3.05) is 6.26 Å². The summed E-state index contributed by atoms with van der Waals surface area (Å²) >= 11 is 0. The molecule has 34 heavy (non-hydrogen) atoms. The fraction of sp³-hybridized carbons (Fsp3) is 0.185. The molecule has 1 atom stereocenters. The van der Waals surface area contributed by atoms with Gasteiger partial charge in [-0.3, -0.25) is 5.10 Å². The van der Waals surface area contributed by atoms with Gasteiger partial charge in [-0.05, 0) is 59.7 Å². The number of aryl methyl sites for hydroxylation is 1. The molecule has 0 saturated heterocycles. The molecule has 0 bridgehead atoms. The predicted molar refractivity (Wildman–Crippen MR) is 136 cm³/mol. The van der Waals surface area contributed by atoms with Gasteiger partial charge in [0, 0.05) is 22.6 Å². The molecular weight excluding hydrogens is 447 g/mol. The molecule has 5 rings (SSSR count). The number of H-pyrrole nitrogens is 1. The van der Waals surface area contributed by atoms with E-state index in [1.165, 1.54) is 12.1 Å². The van der Waals surface area contributed by atoms with Crippen molar-refractivity contribution in [2.24, 2.45) is 4.36 Å². The zero-order valence-electron chi connectivity index (χ0n) is 19.5. The molecule has 7 heteroatoms. The van der Waals surface area contributed by atoms with Crippen molar-refractivity contribution < 1.29 is 8.60 Å². The number of rotatable bonds is 4. The molecule has 0 aliphatic carbocycles. The third kappa shape index (κ3) is 3.86. The van der Waals surface area contributed by atoms with Crippen LogP contribution < -0.4 is 0 Å². The normalized spacial score (nSPS) is 13.5. The number of pyridine rings is 1. The van der Waals surface area contributed by atoms with Gasteiger partial charge in [0.15, 0.2) is 5.82 Å². The van der Waals surface area contributed by atoms with Crippen LogP contribution in [0.2, 0.25) is 0 Å². The highest BCUT2D eigenvalue weighted by molar-refractivity contribution is 7.93. The zero-order valence-corrected chi connectivity index (χ0v) is 20.3. The van der Waals surface area contributed by atoms with Crippen LogP contribution in [0.25, 0.3) is 32.8 Å². The molecule has 0 aliphatic rings. The molecule has 0 amide bonds. The number of halogens is 1. The fourth-order valence-electron chi connectivity index (χ4n) is 4.35. The van der Waals surface area contributed by atoms with E-state index in [1.54, 1.807) is 24.6 Å². The number of hydrogen-bond donors (Lipinski definition) is 1. The highest BCUT2D eigenvalue weighted by atomic mass is 32.2. The fourth-order valence-corrected chi connectivity index (χ4v) is 5.92. The van der Waals surface area contributed by atoms with Crippen molar-refractivity contribution in [3.05, 3.63) is 83.9 Å². The van der Waals surface area contributed by atoms with Gasteiger partial charge in [-0.15, -0.1) is 0 Å². The molecule has 0 radical (unpaired) electrons. The summed E-state index contributed by atoms with van der Waals surface area (Å²) < 4.78 is 32.3. The molecule has 5 aromatic rings. The van der Waals surface area contributed by atoms with Crippen LogP contribution in [0.1, 0.15) is 31.0 Å². The van der Waals surface area contributed by atoms with Crippen molar-refractivity contribution in [3.63, 3.8) is 0 Å². The molecular formula is C27H25FN4OS. The molecule has 1 unspecified atom stereocenters. The first-order valence-corrected chi connectivity index (χ1v) is 13.0. The van der Waals surface area contributed by atoms with E-state index >= 15 is 0 Å². The van der Waals surface area contributed by atoms with Crippen LogP contribution in [0.3, 0.4) is 0 Å². The maximum atomic E-state index is 13.8. The maximum absolute atomic E-state index is 13.8. The number of aromatic amines is 1. The Morgan fingerprint density at radius 1 is 1.03 bits per heavy atom. The van der Waals surface area contributed by atoms with Crippen LogP contribution >= 0.6 is 0 Å². The highest BCUT2D eigenvalue weighted by Crippen LogP contribution is 2.41. The zero-order chi connectivity index (χ0) is 24.0. The van der Waals surface area contributed by atoms with E-state index in [9.17, 15) is 8.60 Å². The van der Waals surface area contributed by atoms with Gasteiger partial charge in [0.1, 0.15) is 5.82 Å². The predicted octanol–water partition coefficient (Wildman–Crippen LogP) is 7.14. The summed E-state index contributed by atoms with van der Waals surface area (Å²) in [5.41, 5.74) is 4.37. The Bertz CT molecular complexity index is 1660. The van der Waals surface area contributed by atoms with Gasteiger partial charge >= 0.3 is 0 Å². The van der Waals surface area contributed by atoms with Crippen molar-refractivity contribution >= 4 is 37.2 Å². The Morgan fingerprint density at radius 3 is 2.47 bits per heavy atom. The third-order valence-corrected chi connectivity index (χ3v) is 7.81. The summed E-state index contributed by atoms with van der Waals surface area (Å²) in [7, 11) is -2.76. The van der Waals surface area contributed by atoms with E-state index in [4.69, 9.17) is 9.35 Å². The summed E-state index contributed by atoms with van der Waals surface area (Å²) in [6.45, 7) is 6.06. The molecule has 0 spiro atoms. The van der Waals surface area contributed by atoms with Gasteiger partial charge < -0.3 is 0 Å². The van der Waals surface area contributed by atoms with Crippen LogP contribution in [0.15, 0.2) is 76.1 Å². The maximum Gasteiger partial charge on any atom is 0.170 e. The molecule has 0 saturated carbocycles. The molecule has 2 heterocycles. The largest absolute Gasteiger partial charge is 0.278 e. The van der Waals surface area contributed by atoms with Crippen molar-refractivity contribution in [1.29, 1.82) is 0 Å². The average molecular weight is 473 g/mol. The van der Waals surface area contributed by atoms with E-state index in [0.717, 1.165) is 44.1 Å². The topological polar surface area (TPSA) is 71.0 Å². The van der Waals surface area contributed by atoms with E-state index < -0.39 is 9.73 Å². The van der Waals surface area contributed by atoms with Gasteiger partial charge in [0.2, 0.25) is 0 Å². The Labute approximate surface area is 198 Å². The Hall–Kier alpha value is -3.58. The first-order chi connectivity index (χ1) is 16.2. The van der Waals surface area contributed by atoms with Gasteiger partial charge in [-0.1, -0.05) is 44.2 Å². The quantitative estimate of drug-likeness (QED) is 0.302. The van der Waals surface area contributed by atoms with Gasteiger partial charge in [-0.2, -0.15) is 9.46 Å². The molecule has 172 valence electrons. The van der Waals surface area contributed by atoms with E-state index in [-0.39, 0.29) is 11.7 Å². The first-order valence-electron chi connectivity index (χ1n) is 11.1. The van der Waals surface area contributed by atoms with Crippen LogP contribution in [0.5, 0.6) is 0 Å². The number of aromatic nitrogens is 3. The molecule has 3 aromatic carbocycles. The summed E-state index contributed by atoms with van der Waals surface area (Å²) in [6, 6.07) is 18.0. The smallest absolute Gasteiger partial charge is 0.170 e. The number of hydrogen-bond acceptors (Lipinski definition) is 4. The second kappa shape index (κ2) is 8.33. The minimum atomic E-state index is -2.76. The Morgan fingerprint density at radius 2 is 1.76 bits per heavy atom. The molecule has 5 nitrogen and oxygen atoms in total. The lowest BCUT2D eigenvalue weighted by molar-refractivity contribution is 0.628. The van der Waals surface area contributed by atoms with Crippen molar-refractivity contribution in [3.8, 4) is 11.1 Å². The van der Waals surface area contributed by atoms with Gasteiger partial charge in [0.25, 0.3) is 0 Å². The molecule has 0 fully saturated rings. The minimum absolute atomic E-state index is 0.0600. The lowest BCUT2D eigenvalue weighted by Gasteiger charge is -2.18. The van der Waals surface area contributed by atoms with E-state index in [0.29, 0.717) is 10.7 Å². The van der Waals surface area contributed by atoms with E-state index in [2.05, 4.69) is 24.0 Å². The van der Waals surface area contributed by atoms with Crippen molar-refractivity contribution in [2.45, 2.75) is 31.6 Å². The molecule has 2 aromatic heterocycles. The highest BCUT2D eigenvalue weighted by Gasteiger charge is 2.20. The van der Waals surface area contributed by atoms with Crippen molar-refractivity contribution in [1.82, 2.24) is 15.2 Å². The lowest BCUT2D eigenvalue weighted by atomic mass is 9.92. The summed E-state index contributed by atoms with van der Waals surface area (Å²) in [4.78, 5) is 5.65. The average Bonchev–Trinajstić information content (AvgIpc) is 3.26. The third-order valence-electron chi connectivity index (χ3n) is 6.01. The van der Waals surface area contributed by atoms with Crippen LogP contribution in [0, 0.1) is 12.7 Å². The lowest BCUT2D eigenvalue weighted by Crippen LogP contribution is -2.03.